The van der Waals surface area contributed by atoms with Crippen molar-refractivity contribution in [1.29, 1.82) is 0 Å². The lowest BCUT2D eigenvalue weighted by molar-refractivity contribution is -0.138. The fourth-order valence-electron chi connectivity index (χ4n) is 3.00. The van der Waals surface area contributed by atoms with Crippen molar-refractivity contribution in [2.24, 2.45) is 0 Å². The number of pyridine rings is 1. The topological polar surface area (TPSA) is 54.5 Å². The van der Waals surface area contributed by atoms with Crippen molar-refractivity contribution in [3.05, 3.63) is 52.8 Å². The molecule has 1 N–H and O–H groups in total. The number of nitrogens with zero attached hydrogens (tertiary/aromatic N) is 2. The highest BCUT2D eigenvalue weighted by atomic mass is 35.5. The Balaban J connectivity index is 1.74. The number of rotatable bonds is 6. The summed E-state index contributed by atoms with van der Waals surface area (Å²) in [6.07, 6.45) is -0.944. The van der Waals surface area contributed by atoms with Crippen molar-refractivity contribution in [2.75, 3.05) is 31.6 Å². The molecule has 150 valence electrons. The highest BCUT2D eigenvalue weighted by molar-refractivity contribution is 6.33. The first-order valence-corrected chi connectivity index (χ1v) is 9.20. The van der Waals surface area contributed by atoms with Crippen LogP contribution in [0.4, 0.5) is 18.9 Å². The number of amides is 1. The summed E-state index contributed by atoms with van der Waals surface area (Å²) in [4.78, 5) is 18.3. The SMILES string of the molecule is O=C(Nc1ccc(C(F)(F)F)c(OCCN2CCCC2)c1)c1cccnc1Cl. The smallest absolute Gasteiger partial charge is 0.419 e. The third kappa shape index (κ3) is 5.14. The molecule has 0 spiro atoms. The molecule has 0 radical (unpaired) electrons. The minimum Gasteiger partial charge on any atom is -0.492 e. The van der Waals surface area contributed by atoms with E-state index in [2.05, 4.69) is 15.2 Å². The Morgan fingerprint density at radius 2 is 2.00 bits per heavy atom. The first kappa shape index (κ1) is 20.4. The van der Waals surface area contributed by atoms with Gasteiger partial charge in [-0.1, -0.05) is 11.6 Å². The Labute approximate surface area is 165 Å². The van der Waals surface area contributed by atoms with E-state index in [0.29, 0.717) is 6.54 Å². The van der Waals surface area contributed by atoms with Crippen molar-refractivity contribution in [3.8, 4) is 5.75 Å². The van der Waals surface area contributed by atoms with Gasteiger partial charge in [0.1, 0.15) is 17.5 Å². The van der Waals surface area contributed by atoms with E-state index >= 15 is 0 Å². The van der Waals surface area contributed by atoms with Crippen molar-refractivity contribution >= 4 is 23.2 Å². The molecule has 1 amide bonds. The van der Waals surface area contributed by atoms with Crippen LogP contribution in [-0.2, 0) is 6.18 Å². The number of halogens is 4. The van der Waals surface area contributed by atoms with Gasteiger partial charge in [-0.25, -0.2) is 4.98 Å². The number of anilines is 1. The van der Waals surface area contributed by atoms with Crippen LogP contribution in [0.1, 0.15) is 28.8 Å². The van der Waals surface area contributed by atoms with Gasteiger partial charge in [-0.3, -0.25) is 9.69 Å². The molecule has 2 heterocycles. The number of hydrogen-bond donors (Lipinski definition) is 1. The third-order valence-corrected chi connectivity index (χ3v) is 4.71. The van der Waals surface area contributed by atoms with E-state index in [1.54, 1.807) is 6.07 Å². The summed E-state index contributed by atoms with van der Waals surface area (Å²) >= 11 is 5.88. The van der Waals surface area contributed by atoms with Gasteiger partial charge in [-0.05, 0) is 50.2 Å². The molecular formula is C19H19ClF3N3O2. The van der Waals surface area contributed by atoms with Crippen LogP contribution in [0.3, 0.4) is 0 Å². The Kier molecular flexibility index (Phi) is 6.41. The second kappa shape index (κ2) is 8.79. The van der Waals surface area contributed by atoms with Gasteiger partial charge >= 0.3 is 6.18 Å². The van der Waals surface area contributed by atoms with Crippen molar-refractivity contribution in [1.82, 2.24) is 9.88 Å². The van der Waals surface area contributed by atoms with Crippen LogP contribution in [0.15, 0.2) is 36.5 Å². The number of alkyl halides is 3. The van der Waals surface area contributed by atoms with Crippen LogP contribution >= 0.6 is 11.6 Å². The van der Waals surface area contributed by atoms with E-state index in [0.717, 1.165) is 32.0 Å². The van der Waals surface area contributed by atoms with E-state index in [1.165, 1.54) is 24.4 Å². The quantitative estimate of drug-likeness (QED) is 0.709. The second-order valence-corrected chi connectivity index (χ2v) is 6.76. The van der Waals surface area contributed by atoms with Gasteiger partial charge in [0.05, 0.1) is 11.1 Å². The zero-order chi connectivity index (χ0) is 20.1. The zero-order valence-electron chi connectivity index (χ0n) is 14.9. The van der Waals surface area contributed by atoms with Gasteiger partial charge in [0, 0.05) is 24.5 Å². The summed E-state index contributed by atoms with van der Waals surface area (Å²) in [6, 6.07) is 6.27. The van der Waals surface area contributed by atoms with Gasteiger partial charge in [-0.2, -0.15) is 13.2 Å². The Morgan fingerprint density at radius 1 is 1.25 bits per heavy atom. The fraction of sp³-hybridized carbons (Fsp3) is 0.368. The van der Waals surface area contributed by atoms with Crippen molar-refractivity contribution < 1.29 is 22.7 Å². The van der Waals surface area contributed by atoms with Crippen LogP contribution in [0.2, 0.25) is 5.15 Å². The number of carbonyl (C=O) groups excluding carboxylic acids is 1. The number of nitrogens with one attached hydrogen (secondary N) is 1. The molecule has 0 atom stereocenters. The Bertz CT molecular complexity index is 839. The van der Waals surface area contributed by atoms with Gasteiger partial charge in [-0.15, -0.1) is 0 Å². The van der Waals surface area contributed by atoms with Gasteiger partial charge in [0.25, 0.3) is 5.91 Å². The summed E-state index contributed by atoms with van der Waals surface area (Å²) in [5.74, 6) is -0.886. The lowest BCUT2D eigenvalue weighted by Crippen LogP contribution is -2.25. The van der Waals surface area contributed by atoms with Crippen molar-refractivity contribution in [3.63, 3.8) is 0 Å². The monoisotopic (exact) mass is 413 g/mol. The van der Waals surface area contributed by atoms with Gasteiger partial charge in [0.15, 0.2) is 0 Å². The molecule has 0 saturated carbocycles. The molecule has 1 aliphatic heterocycles. The molecule has 0 aliphatic carbocycles. The molecule has 0 unspecified atom stereocenters. The lowest BCUT2D eigenvalue weighted by atomic mass is 10.1. The van der Waals surface area contributed by atoms with E-state index in [9.17, 15) is 18.0 Å². The first-order valence-electron chi connectivity index (χ1n) is 8.83. The van der Waals surface area contributed by atoms with Crippen LogP contribution < -0.4 is 10.1 Å². The highest BCUT2D eigenvalue weighted by Gasteiger charge is 2.34. The summed E-state index contributed by atoms with van der Waals surface area (Å²) in [7, 11) is 0. The molecule has 2 aromatic rings. The number of carbonyl (C=O) groups is 1. The molecule has 5 nitrogen and oxygen atoms in total. The lowest BCUT2D eigenvalue weighted by Gasteiger charge is -2.18. The number of ether oxygens (including phenoxy) is 1. The predicted molar refractivity (Wildman–Crippen MR) is 99.8 cm³/mol. The van der Waals surface area contributed by atoms with E-state index in [4.69, 9.17) is 16.3 Å². The van der Waals surface area contributed by atoms with E-state index < -0.39 is 17.6 Å². The largest absolute Gasteiger partial charge is 0.492 e. The van der Waals surface area contributed by atoms with Crippen LogP contribution in [0.5, 0.6) is 5.75 Å². The van der Waals surface area contributed by atoms with Crippen LogP contribution in [-0.4, -0.2) is 42.0 Å². The average Bonchev–Trinajstić information content (AvgIpc) is 3.14. The minimum absolute atomic E-state index is 0.00833. The molecule has 3 rings (SSSR count). The molecular weight excluding hydrogens is 395 g/mol. The maximum Gasteiger partial charge on any atom is 0.419 e. The summed E-state index contributed by atoms with van der Waals surface area (Å²) in [6.45, 7) is 2.54. The summed E-state index contributed by atoms with van der Waals surface area (Å²) in [5, 5.41) is 2.54. The van der Waals surface area contributed by atoms with E-state index in [1.807, 2.05) is 0 Å². The summed E-state index contributed by atoms with van der Waals surface area (Å²) < 4.78 is 45.3. The molecule has 1 aromatic carbocycles. The predicted octanol–water partition coefficient (Wildman–Crippen LogP) is 4.48. The number of likely N-dealkylation sites (tertiary alicyclic amines) is 1. The normalized spacial score (nSPS) is 14.9. The maximum absolute atomic E-state index is 13.3. The maximum atomic E-state index is 13.3. The number of hydrogen-bond acceptors (Lipinski definition) is 4. The van der Waals surface area contributed by atoms with Crippen LogP contribution in [0.25, 0.3) is 0 Å². The number of benzene rings is 1. The molecule has 1 fully saturated rings. The van der Waals surface area contributed by atoms with Gasteiger partial charge < -0.3 is 10.1 Å². The molecule has 1 aromatic heterocycles. The average molecular weight is 414 g/mol. The summed E-state index contributed by atoms with van der Waals surface area (Å²) in [5.41, 5.74) is -0.582. The van der Waals surface area contributed by atoms with E-state index in [-0.39, 0.29) is 28.8 Å². The highest BCUT2D eigenvalue weighted by Crippen LogP contribution is 2.38. The molecule has 9 heteroatoms. The minimum atomic E-state index is -4.56. The molecule has 1 saturated heterocycles. The third-order valence-electron chi connectivity index (χ3n) is 4.41. The fourth-order valence-corrected chi connectivity index (χ4v) is 3.20. The number of aromatic nitrogens is 1. The first-order chi connectivity index (χ1) is 13.3. The second-order valence-electron chi connectivity index (χ2n) is 6.40. The van der Waals surface area contributed by atoms with Crippen LogP contribution in [0, 0.1) is 0 Å². The molecule has 0 bridgehead atoms. The van der Waals surface area contributed by atoms with Crippen molar-refractivity contribution in [2.45, 2.75) is 19.0 Å². The van der Waals surface area contributed by atoms with Gasteiger partial charge in [0.2, 0.25) is 0 Å². The Hall–Kier alpha value is -2.32. The standard InChI is InChI=1S/C19H19ClF3N3O2/c20-17-14(4-3-7-24-17)18(27)25-13-5-6-15(19(21,22)23)16(12-13)28-11-10-26-8-1-2-9-26/h3-7,12H,1-2,8-11H2,(H,25,27). The Morgan fingerprint density at radius 3 is 2.68 bits per heavy atom. The molecule has 28 heavy (non-hydrogen) atoms. The zero-order valence-corrected chi connectivity index (χ0v) is 15.7. The molecule has 1 aliphatic rings.